The first kappa shape index (κ1) is 63.1. The molecule has 0 aliphatic carbocycles. The highest BCUT2D eigenvalue weighted by molar-refractivity contribution is 5.76. The molecule has 0 aliphatic heterocycles. The van der Waals surface area contributed by atoms with E-state index in [1.165, 1.54) is 225 Å². The monoisotopic (exact) mass is 914 g/mol. The van der Waals surface area contributed by atoms with Crippen molar-refractivity contribution in [2.45, 2.75) is 315 Å². The maximum Gasteiger partial charge on any atom is 0.305 e. The Bertz CT molecular complexity index is 1060. The summed E-state index contributed by atoms with van der Waals surface area (Å²) in [5.74, 6) is -0.0767. The van der Waals surface area contributed by atoms with Crippen LogP contribution in [0, 0.1) is 0 Å². The van der Waals surface area contributed by atoms with Gasteiger partial charge in [0.2, 0.25) is 5.91 Å². The molecule has 382 valence electrons. The summed E-state index contributed by atoms with van der Waals surface area (Å²) >= 11 is 0. The fourth-order valence-corrected chi connectivity index (χ4v) is 8.67. The number of amides is 1. The first-order chi connectivity index (χ1) is 32.0. The summed E-state index contributed by atoms with van der Waals surface area (Å²) in [6, 6.07) is -0.633. The Morgan fingerprint density at radius 2 is 0.738 bits per heavy atom. The first-order valence-corrected chi connectivity index (χ1v) is 28.8. The van der Waals surface area contributed by atoms with E-state index in [2.05, 4.69) is 43.5 Å². The number of unbranched alkanes of at least 4 members (excludes halogenated alkanes) is 38. The number of carbonyl (C=O) groups is 2. The Morgan fingerprint density at radius 1 is 0.415 bits per heavy atom. The number of nitrogens with one attached hydrogen (secondary N) is 1. The molecule has 0 heterocycles. The molecule has 0 saturated heterocycles. The Balaban J connectivity index is 3.46. The molecule has 2 atom stereocenters. The maximum absolute atomic E-state index is 12.4. The molecular formula is C59H111NO5. The van der Waals surface area contributed by atoms with Gasteiger partial charge >= 0.3 is 5.97 Å². The number of ether oxygens (including phenoxy) is 1. The maximum atomic E-state index is 12.4. The molecule has 0 radical (unpaired) electrons. The minimum absolute atomic E-state index is 0.00209. The largest absolute Gasteiger partial charge is 0.466 e. The summed E-state index contributed by atoms with van der Waals surface area (Å²) in [5.41, 5.74) is 0. The van der Waals surface area contributed by atoms with Crippen LogP contribution >= 0.6 is 0 Å². The van der Waals surface area contributed by atoms with Crippen molar-refractivity contribution in [1.29, 1.82) is 0 Å². The molecule has 0 aromatic heterocycles. The lowest BCUT2D eigenvalue weighted by molar-refractivity contribution is -0.143. The molecule has 2 unspecified atom stereocenters. The fourth-order valence-electron chi connectivity index (χ4n) is 8.67. The standard InChI is InChI=1S/C59H111NO5/c1-3-5-7-9-11-13-15-16-25-28-32-35-39-43-47-51-57(62)56(55-61)60-58(63)52-48-44-40-36-33-29-26-23-21-19-17-18-20-22-24-27-30-34-38-42-46-50-54-65-59(64)53-49-45-41-37-31-14-12-10-8-6-4-2/h10,12,19,21,47,51,56-57,61-62H,3-9,11,13-18,20,22-46,48-50,52-55H2,1-2H3,(H,60,63)/b12-10-,21-19-,51-47+. The second kappa shape index (κ2) is 54.7. The lowest BCUT2D eigenvalue weighted by atomic mass is 10.0. The Morgan fingerprint density at radius 3 is 1.14 bits per heavy atom. The molecule has 3 N–H and O–H groups in total. The molecule has 0 saturated carbocycles. The van der Waals surface area contributed by atoms with Gasteiger partial charge in [-0.1, -0.05) is 249 Å². The van der Waals surface area contributed by atoms with Gasteiger partial charge in [0.15, 0.2) is 0 Å². The Labute approximate surface area is 404 Å². The summed E-state index contributed by atoms with van der Waals surface area (Å²) in [6.45, 7) is 4.86. The summed E-state index contributed by atoms with van der Waals surface area (Å²) in [4.78, 5) is 24.4. The molecule has 0 aromatic carbocycles. The third kappa shape index (κ3) is 51.3. The fraction of sp³-hybridized carbons (Fsp3) is 0.864. The summed E-state index contributed by atoms with van der Waals surface area (Å²) < 4.78 is 5.45. The zero-order valence-electron chi connectivity index (χ0n) is 43.5. The number of hydrogen-bond donors (Lipinski definition) is 3. The van der Waals surface area contributed by atoms with Crippen molar-refractivity contribution in [3.63, 3.8) is 0 Å². The average molecular weight is 915 g/mol. The van der Waals surface area contributed by atoms with Crippen molar-refractivity contribution in [2.24, 2.45) is 0 Å². The van der Waals surface area contributed by atoms with Gasteiger partial charge in [-0.15, -0.1) is 0 Å². The Kier molecular flexibility index (Phi) is 53.1. The van der Waals surface area contributed by atoms with Crippen molar-refractivity contribution in [3.05, 3.63) is 36.5 Å². The summed E-state index contributed by atoms with van der Waals surface area (Å²) in [5, 5.41) is 23.1. The molecule has 65 heavy (non-hydrogen) atoms. The summed E-state index contributed by atoms with van der Waals surface area (Å²) in [7, 11) is 0. The van der Waals surface area contributed by atoms with Gasteiger partial charge in [-0.3, -0.25) is 9.59 Å². The lowest BCUT2D eigenvalue weighted by Gasteiger charge is -2.20. The third-order valence-corrected chi connectivity index (χ3v) is 13.1. The highest BCUT2D eigenvalue weighted by Crippen LogP contribution is 2.16. The highest BCUT2D eigenvalue weighted by atomic mass is 16.5. The van der Waals surface area contributed by atoms with Crippen molar-refractivity contribution >= 4 is 11.9 Å². The van der Waals surface area contributed by atoms with Gasteiger partial charge in [0.25, 0.3) is 0 Å². The van der Waals surface area contributed by atoms with Gasteiger partial charge in [-0.2, -0.15) is 0 Å². The van der Waals surface area contributed by atoms with Gasteiger partial charge in [-0.25, -0.2) is 0 Å². The molecule has 0 aliphatic rings. The second-order valence-corrected chi connectivity index (χ2v) is 19.6. The molecule has 6 nitrogen and oxygen atoms in total. The number of rotatable bonds is 53. The van der Waals surface area contributed by atoms with E-state index in [4.69, 9.17) is 4.74 Å². The SMILES string of the molecule is CCCC/C=C\CCCCCCCC(=O)OCCCCCCCCCCCCC/C=C\CCCCCCCCCC(=O)NC(CO)C(O)/C=C/CCCCCCCCCCCCCCC. The number of hydrogen-bond acceptors (Lipinski definition) is 5. The minimum atomic E-state index is -0.848. The normalized spacial score (nSPS) is 12.9. The van der Waals surface area contributed by atoms with E-state index in [0.29, 0.717) is 19.4 Å². The number of aliphatic hydroxyl groups excluding tert-OH is 2. The zero-order chi connectivity index (χ0) is 47.2. The molecule has 1 amide bonds. The van der Waals surface area contributed by atoms with Crippen LogP contribution in [-0.4, -0.2) is 47.4 Å². The van der Waals surface area contributed by atoms with Crippen molar-refractivity contribution < 1.29 is 24.5 Å². The van der Waals surface area contributed by atoms with Crippen LogP contribution < -0.4 is 5.32 Å². The smallest absolute Gasteiger partial charge is 0.305 e. The van der Waals surface area contributed by atoms with Crippen LogP contribution in [0.25, 0.3) is 0 Å². The van der Waals surface area contributed by atoms with Crippen LogP contribution in [0.3, 0.4) is 0 Å². The van der Waals surface area contributed by atoms with E-state index in [-0.39, 0.29) is 18.5 Å². The number of aliphatic hydroxyl groups is 2. The van der Waals surface area contributed by atoms with Gasteiger partial charge in [0.05, 0.1) is 25.4 Å². The van der Waals surface area contributed by atoms with E-state index in [1.54, 1.807) is 6.08 Å². The third-order valence-electron chi connectivity index (χ3n) is 13.1. The van der Waals surface area contributed by atoms with Gasteiger partial charge in [0, 0.05) is 12.8 Å². The highest BCUT2D eigenvalue weighted by Gasteiger charge is 2.18. The molecule has 0 bridgehead atoms. The van der Waals surface area contributed by atoms with E-state index in [1.807, 2.05) is 6.08 Å². The van der Waals surface area contributed by atoms with Crippen LogP contribution in [0.1, 0.15) is 303 Å². The van der Waals surface area contributed by atoms with Crippen LogP contribution in [0.15, 0.2) is 36.5 Å². The number of allylic oxidation sites excluding steroid dienone is 5. The molecule has 0 rings (SSSR count). The quantitative estimate of drug-likeness (QED) is 0.0321. The van der Waals surface area contributed by atoms with Crippen molar-refractivity contribution in [2.75, 3.05) is 13.2 Å². The second-order valence-electron chi connectivity index (χ2n) is 19.6. The van der Waals surface area contributed by atoms with E-state index in [0.717, 1.165) is 51.4 Å². The summed E-state index contributed by atoms with van der Waals surface area (Å²) in [6.07, 6.45) is 67.4. The predicted octanol–water partition coefficient (Wildman–Crippen LogP) is 17.6. The first-order valence-electron chi connectivity index (χ1n) is 28.8. The number of carbonyl (C=O) groups excluding carboxylic acids is 2. The number of esters is 1. The van der Waals surface area contributed by atoms with Crippen LogP contribution in [0.4, 0.5) is 0 Å². The Hall–Kier alpha value is -1.92. The minimum Gasteiger partial charge on any atom is -0.466 e. The zero-order valence-corrected chi connectivity index (χ0v) is 43.5. The van der Waals surface area contributed by atoms with Crippen LogP contribution in [-0.2, 0) is 14.3 Å². The van der Waals surface area contributed by atoms with Crippen molar-refractivity contribution in [1.82, 2.24) is 5.32 Å². The van der Waals surface area contributed by atoms with Crippen LogP contribution in [0.5, 0.6) is 0 Å². The van der Waals surface area contributed by atoms with Crippen molar-refractivity contribution in [3.8, 4) is 0 Å². The predicted molar refractivity (Wildman–Crippen MR) is 283 cm³/mol. The molecule has 6 heteroatoms. The van der Waals surface area contributed by atoms with E-state index in [9.17, 15) is 19.8 Å². The molecule has 0 fully saturated rings. The van der Waals surface area contributed by atoms with E-state index < -0.39 is 12.1 Å². The van der Waals surface area contributed by atoms with Crippen LogP contribution in [0.2, 0.25) is 0 Å². The van der Waals surface area contributed by atoms with E-state index >= 15 is 0 Å². The van der Waals surface area contributed by atoms with Gasteiger partial charge in [0.1, 0.15) is 0 Å². The molecular weight excluding hydrogens is 803 g/mol. The van der Waals surface area contributed by atoms with Gasteiger partial charge in [-0.05, 0) is 77.0 Å². The average Bonchev–Trinajstić information content (AvgIpc) is 3.31. The molecule has 0 spiro atoms. The van der Waals surface area contributed by atoms with Gasteiger partial charge < -0.3 is 20.3 Å². The molecule has 0 aromatic rings. The lowest BCUT2D eigenvalue weighted by Crippen LogP contribution is -2.45. The topological polar surface area (TPSA) is 95.9 Å².